The lowest BCUT2D eigenvalue weighted by molar-refractivity contribution is -0.156. The van der Waals surface area contributed by atoms with E-state index in [1.165, 1.54) is 0 Å². The summed E-state index contributed by atoms with van der Waals surface area (Å²) >= 11 is 1.63. The number of esters is 1. The first-order valence-electron chi connectivity index (χ1n) is 10.5. The van der Waals surface area contributed by atoms with Gasteiger partial charge in [-0.2, -0.15) is 0 Å². The summed E-state index contributed by atoms with van der Waals surface area (Å²) in [6.45, 7) is 7.02. The molecule has 1 aromatic carbocycles. The molecule has 3 rings (SSSR count). The second-order valence-electron chi connectivity index (χ2n) is 6.90. The maximum atomic E-state index is 12.0. The highest BCUT2D eigenvalue weighted by Gasteiger charge is 2.20. The van der Waals surface area contributed by atoms with Crippen molar-refractivity contribution in [1.82, 2.24) is 9.97 Å². The number of hydrogen-bond acceptors (Lipinski definition) is 7. The zero-order chi connectivity index (χ0) is 22.1. The van der Waals surface area contributed by atoms with Crippen molar-refractivity contribution in [3.05, 3.63) is 64.1 Å². The highest BCUT2D eigenvalue weighted by atomic mass is 32.1. The zero-order valence-electron chi connectivity index (χ0n) is 18.2. The summed E-state index contributed by atoms with van der Waals surface area (Å²) < 4.78 is 16.5. The molecule has 0 fully saturated rings. The van der Waals surface area contributed by atoms with E-state index in [4.69, 9.17) is 14.2 Å². The first-order valence-corrected chi connectivity index (χ1v) is 11.4. The van der Waals surface area contributed by atoms with Crippen molar-refractivity contribution in [1.29, 1.82) is 0 Å². The van der Waals surface area contributed by atoms with Gasteiger partial charge in [0, 0.05) is 41.2 Å². The van der Waals surface area contributed by atoms with Crippen LogP contribution in [0.2, 0.25) is 0 Å². The van der Waals surface area contributed by atoms with Crippen molar-refractivity contribution >= 4 is 17.3 Å². The smallest absolute Gasteiger partial charge is 0.335 e. The van der Waals surface area contributed by atoms with Crippen LogP contribution in [0.4, 0.5) is 0 Å². The van der Waals surface area contributed by atoms with E-state index in [-0.39, 0.29) is 5.97 Å². The summed E-state index contributed by atoms with van der Waals surface area (Å²) in [7, 11) is 0. The molecule has 0 aliphatic carbocycles. The van der Waals surface area contributed by atoms with Crippen LogP contribution in [-0.2, 0) is 33.7 Å². The van der Waals surface area contributed by atoms with Crippen LogP contribution in [0.5, 0.6) is 5.75 Å². The molecule has 2 heterocycles. The summed E-state index contributed by atoms with van der Waals surface area (Å²) in [5.74, 6) is 1.17. The number of carbonyl (C=O) groups excluding carboxylic acids is 1. The topological polar surface area (TPSA) is 70.5 Å². The van der Waals surface area contributed by atoms with Crippen LogP contribution in [0.25, 0.3) is 11.4 Å². The third-order valence-electron chi connectivity index (χ3n) is 4.67. The van der Waals surface area contributed by atoms with E-state index < -0.39 is 6.10 Å². The van der Waals surface area contributed by atoms with Gasteiger partial charge >= 0.3 is 5.97 Å². The van der Waals surface area contributed by atoms with Crippen molar-refractivity contribution in [2.75, 3.05) is 13.2 Å². The Balaban J connectivity index is 1.55. The molecule has 0 spiro atoms. The normalized spacial score (nSPS) is 11.8. The minimum absolute atomic E-state index is 0.327. The molecule has 0 aliphatic rings. The molecule has 3 aromatic rings. The maximum absolute atomic E-state index is 12.0. The molecule has 0 saturated heterocycles. The van der Waals surface area contributed by atoms with Crippen LogP contribution in [0.3, 0.4) is 0 Å². The Bertz CT molecular complexity index is 954. The van der Waals surface area contributed by atoms with Gasteiger partial charge in [0.2, 0.25) is 0 Å². The van der Waals surface area contributed by atoms with E-state index in [0.717, 1.165) is 39.6 Å². The molecule has 164 valence electrons. The molecule has 6 nitrogen and oxygen atoms in total. The molecule has 0 aliphatic heterocycles. The van der Waals surface area contributed by atoms with Gasteiger partial charge in [0.25, 0.3) is 0 Å². The van der Waals surface area contributed by atoms with Gasteiger partial charge in [0.15, 0.2) is 11.9 Å². The summed E-state index contributed by atoms with van der Waals surface area (Å²) in [6.07, 6.45) is 4.55. The average molecular weight is 441 g/mol. The van der Waals surface area contributed by atoms with Crippen LogP contribution in [0.1, 0.15) is 36.8 Å². The monoisotopic (exact) mass is 440 g/mol. The second-order valence-corrected chi connectivity index (χ2v) is 7.90. The van der Waals surface area contributed by atoms with E-state index in [1.54, 1.807) is 18.3 Å². The number of rotatable bonds is 11. The third kappa shape index (κ3) is 6.60. The number of benzene rings is 1. The van der Waals surface area contributed by atoms with Crippen LogP contribution >= 0.6 is 11.3 Å². The lowest BCUT2D eigenvalue weighted by atomic mass is 10.1. The van der Waals surface area contributed by atoms with Gasteiger partial charge < -0.3 is 14.2 Å². The van der Waals surface area contributed by atoms with Gasteiger partial charge in [-0.25, -0.2) is 14.8 Å². The quantitative estimate of drug-likeness (QED) is 0.397. The predicted octanol–water partition coefficient (Wildman–Crippen LogP) is 4.86. The fraction of sp³-hybridized carbons (Fsp3) is 0.375. The van der Waals surface area contributed by atoms with E-state index >= 15 is 0 Å². The lowest BCUT2D eigenvalue weighted by Crippen LogP contribution is -2.28. The fourth-order valence-electron chi connectivity index (χ4n) is 3.00. The van der Waals surface area contributed by atoms with Crippen molar-refractivity contribution in [2.24, 2.45) is 0 Å². The molecule has 0 N–H and O–H groups in total. The van der Waals surface area contributed by atoms with Gasteiger partial charge in [-0.3, -0.25) is 0 Å². The molecule has 1 unspecified atom stereocenters. The van der Waals surface area contributed by atoms with Crippen molar-refractivity contribution in [3.63, 3.8) is 0 Å². The van der Waals surface area contributed by atoms with Gasteiger partial charge in [-0.05, 0) is 49.6 Å². The summed E-state index contributed by atoms with van der Waals surface area (Å²) in [5.41, 5.74) is 3.12. The SMILES string of the molecule is CCOC(=O)C(Cc1ccc(OCc2cc(-c3ncc(CC)cn3)cs2)cc1)OCC. The van der Waals surface area contributed by atoms with Crippen LogP contribution in [-0.4, -0.2) is 35.3 Å². The zero-order valence-corrected chi connectivity index (χ0v) is 19.0. The highest BCUT2D eigenvalue weighted by molar-refractivity contribution is 7.10. The summed E-state index contributed by atoms with van der Waals surface area (Å²) in [5, 5.41) is 2.05. The van der Waals surface area contributed by atoms with Gasteiger partial charge in [-0.1, -0.05) is 19.1 Å². The number of nitrogens with zero attached hydrogens (tertiary/aromatic N) is 2. The third-order valence-corrected chi connectivity index (χ3v) is 5.58. The summed E-state index contributed by atoms with van der Waals surface area (Å²) in [4.78, 5) is 22.0. The Kier molecular flexibility index (Phi) is 8.55. The molecule has 0 amide bonds. The van der Waals surface area contributed by atoms with Crippen molar-refractivity contribution in [2.45, 2.75) is 46.3 Å². The molecule has 0 bridgehead atoms. The number of thiophene rings is 1. The Morgan fingerprint density at radius 1 is 1.03 bits per heavy atom. The predicted molar refractivity (Wildman–Crippen MR) is 121 cm³/mol. The van der Waals surface area contributed by atoms with E-state index in [9.17, 15) is 4.79 Å². The highest BCUT2D eigenvalue weighted by Crippen LogP contribution is 2.24. The molecule has 0 saturated carbocycles. The number of aryl methyl sites for hydroxylation is 1. The van der Waals surface area contributed by atoms with Crippen molar-refractivity contribution < 1.29 is 19.0 Å². The molecule has 2 aromatic heterocycles. The van der Waals surface area contributed by atoms with E-state index in [2.05, 4.69) is 23.0 Å². The van der Waals surface area contributed by atoms with Crippen LogP contribution < -0.4 is 4.74 Å². The number of ether oxygens (including phenoxy) is 3. The minimum atomic E-state index is -0.588. The Morgan fingerprint density at radius 3 is 2.42 bits per heavy atom. The fourth-order valence-corrected chi connectivity index (χ4v) is 3.77. The number of aromatic nitrogens is 2. The first kappa shape index (κ1) is 22.9. The molecule has 31 heavy (non-hydrogen) atoms. The van der Waals surface area contributed by atoms with Crippen LogP contribution in [0, 0.1) is 0 Å². The molecular weight excluding hydrogens is 412 g/mol. The van der Waals surface area contributed by atoms with Gasteiger partial charge in [-0.15, -0.1) is 11.3 Å². The molecule has 7 heteroatoms. The van der Waals surface area contributed by atoms with E-state index in [1.807, 2.05) is 49.0 Å². The standard InChI is InChI=1S/C24H28N2O4S/c1-4-17-13-25-23(26-14-17)19-12-21(31-16-19)15-30-20-9-7-18(8-10-20)11-22(28-5-2)24(27)29-6-3/h7-10,12-14,16,22H,4-6,11,15H2,1-3H3. The second kappa shape index (κ2) is 11.6. The molecule has 1 atom stereocenters. The summed E-state index contributed by atoms with van der Waals surface area (Å²) in [6, 6.07) is 9.77. The van der Waals surface area contributed by atoms with Gasteiger partial charge in [0.05, 0.1) is 6.61 Å². The largest absolute Gasteiger partial charge is 0.488 e. The molecular formula is C24H28N2O4S. The van der Waals surface area contributed by atoms with Crippen molar-refractivity contribution in [3.8, 4) is 17.1 Å². The number of hydrogen-bond donors (Lipinski definition) is 0. The minimum Gasteiger partial charge on any atom is -0.488 e. The molecule has 0 radical (unpaired) electrons. The first-order chi connectivity index (χ1) is 15.1. The Hall–Kier alpha value is -2.77. The maximum Gasteiger partial charge on any atom is 0.335 e. The van der Waals surface area contributed by atoms with E-state index in [0.29, 0.717) is 26.2 Å². The lowest BCUT2D eigenvalue weighted by Gasteiger charge is -2.15. The average Bonchev–Trinajstić information content (AvgIpc) is 3.27. The number of carbonyl (C=O) groups is 1. The van der Waals surface area contributed by atoms with Gasteiger partial charge in [0.1, 0.15) is 12.4 Å². The Morgan fingerprint density at radius 2 is 1.77 bits per heavy atom. The Labute approximate surface area is 187 Å². The van der Waals surface area contributed by atoms with Crippen LogP contribution in [0.15, 0.2) is 48.1 Å².